The quantitative estimate of drug-likeness (QED) is 0.563. The van der Waals surface area contributed by atoms with Gasteiger partial charge in [-0.3, -0.25) is 14.4 Å². The van der Waals surface area contributed by atoms with Gasteiger partial charge in [-0.2, -0.15) is 0 Å². The van der Waals surface area contributed by atoms with Gasteiger partial charge in [-0.05, 0) is 25.5 Å². The Balaban J connectivity index is 2.03. The molecular formula is C15H16N2O3. The summed E-state index contributed by atoms with van der Waals surface area (Å²) in [5.41, 5.74) is 2.53. The summed E-state index contributed by atoms with van der Waals surface area (Å²) in [7, 11) is 1.63. The molecule has 0 aromatic heterocycles. The lowest BCUT2D eigenvalue weighted by atomic mass is 9.99. The highest BCUT2D eigenvalue weighted by Crippen LogP contribution is 2.37. The highest BCUT2D eigenvalue weighted by atomic mass is 16.2. The number of imide groups is 1. The number of hydrogen-bond donors (Lipinski definition) is 0. The molecule has 2 aliphatic rings. The number of rotatable bonds is 1. The van der Waals surface area contributed by atoms with Gasteiger partial charge >= 0.3 is 0 Å². The molecule has 20 heavy (non-hydrogen) atoms. The average molecular weight is 272 g/mol. The number of anilines is 1. The number of benzene rings is 1. The monoisotopic (exact) mass is 272 g/mol. The fourth-order valence-electron chi connectivity index (χ4n) is 3.11. The summed E-state index contributed by atoms with van der Waals surface area (Å²) >= 11 is 0. The maximum Gasteiger partial charge on any atom is 0.247 e. The highest BCUT2D eigenvalue weighted by molar-refractivity contribution is 6.28. The number of hydrogen-bond acceptors (Lipinski definition) is 3. The molecule has 0 bridgehead atoms. The van der Waals surface area contributed by atoms with E-state index in [9.17, 15) is 14.4 Å². The number of carbonyl (C=O) groups excluding carboxylic acids is 3. The zero-order valence-electron chi connectivity index (χ0n) is 11.7. The van der Waals surface area contributed by atoms with Gasteiger partial charge in [-0.25, -0.2) is 4.90 Å². The second-order valence-corrected chi connectivity index (χ2v) is 5.60. The molecule has 0 saturated carbocycles. The van der Waals surface area contributed by atoms with Gasteiger partial charge in [-0.1, -0.05) is 17.7 Å². The van der Waals surface area contributed by atoms with Crippen molar-refractivity contribution >= 4 is 23.4 Å². The van der Waals surface area contributed by atoms with Gasteiger partial charge in [0.1, 0.15) is 5.92 Å². The molecule has 0 spiro atoms. The van der Waals surface area contributed by atoms with Crippen LogP contribution in [0, 0.1) is 25.7 Å². The Kier molecular flexibility index (Phi) is 2.67. The van der Waals surface area contributed by atoms with Crippen molar-refractivity contribution in [2.24, 2.45) is 11.8 Å². The van der Waals surface area contributed by atoms with Gasteiger partial charge in [0.2, 0.25) is 17.7 Å². The summed E-state index contributed by atoms with van der Waals surface area (Å²) < 4.78 is 0. The lowest BCUT2D eigenvalue weighted by Gasteiger charge is -2.20. The van der Waals surface area contributed by atoms with Gasteiger partial charge < -0.3 is 4.90 Å². The van der Waals surface area contributed by atoms with Crippen LogP contribution in [0.15, 0.2) is 18.2 Å². The van der Waals surface area contributed by atoms with Crippen LogP contribution in [-0.2, 0) is 14.4 Å². The van der Waals surface area contributed by atoms with E-state index in [2.05, 4.69) is 0 Å². The molecule has 2 heterocycles. The Labute approximate surface area is 117 Å². The van der Waals surface area contributed by atoms with Crippen molar-refractivity contribution in [3.8, 4) is 0 Å². The van der Waals surface area contributed by atoms with E-state index in [1.807, 2.05) is 26.0 Å². The molecule has 2 aliphatic heterocycles. The van der Waals surface area contributed by atoms with Crippen LogP contribution in [0.3, 0.4) is 0 Å². The number of aryl methyl sites for hydroxylation is 2. The Morgan fingerprint density at radius 2 is 1.75 bits per heavy atom. The predicted octanol–water partition coefficient (Wildman–Crippen LogP) is 0.881. The first-order chi connectivity index (χ1) is 9.41. The molecular weight excluding hydrogens is 256 g/mol. The normalized spacial score (nSPS) is 25.6. The fourth-order valence-corrected chi connectivity index (χ4v) is 3.11. The van der Waals surface area contributed by atoms with E-state index in [1.54, 1.807) is 13.1 Å². The molecule has 5 nitrogen and oxygen atoms in total. The number of fused-ring (bicyclic) bond motifs is 1. The highest BCUT2D eigenvalue weighted by Gasteiger charge is 2.57. The van der Waals surface area contributed by atoms with E-state index in [0.29, 0.717) is 12.2 Å². The second kappa shape index (κ2) is 4.16. The molecule has 5 heteroatoms. The number of carbonyl (C=O) groups is 3. The van der Waals surface area contributed by atoms with Gasteiger partial charge in [0.15, 0.2) is 0 Å². The minimum atomic E-state index is -0.826. The molecule has 1 aromatic rings. The molecule has 2 fully saturated rings. The fraction of sp³-hybridized carbons (Fsp3) is 0.400. The van der Waals surface area contributed by atoms with Crippen LogP contribution in [0.5, 0.6) is 0 Å². The lowest BCUT2D eigenvalue weighted by Crippen LogP contribution is -2.37. The van der Waals surface area contributed by atoms with Crippen LogP contribution in [0.25, 0.3) is 0 Å². The minimum Gasteiger partial charge on any atom is -0.344 e. The van der Waals surface area contributed by atoms with E-state index >= 15 is 0 Å². The molecule has 104 valence electrons. The first-order valence-corrected chi connectivity index (χ1v) is 6.62. The zero-order chi connectivity index (χ0) is 14.6. The smallest absolute Gasteiger partial charge is 0.247 e. The van der Waals surface area contributed by atoms with Crippen molar-refractivity contribution in [3.05, 3.63) is 29.3 Å². The van der Waals surface area contributed by atoms with Gasteiger partial charge in [0.25, 0.3) is 0 Å². The molecule has 0 aliphatic carbocycles. The number of nitrogens with zero attached hydrogens (tertiary/aromatic N) is 2. The van der Waals surface area contributed by atoms with Crippen LogP contribution in [-0.4, -0.2) is 36.2 Å². The standard InChI is InChI=1S/C15H16N2O3/c1-8-4-5-11(9(2)6-8)17-13(18)10-7-16(3)14(19)12(10)15(17)20/h4-6,10,12H,7H2,1-3H3/t10-,12+/m0/s1. The molecule has 2 saturated heterocycles. The molecule has 2 atom stereocenters. The summed E-state index contributed by atoms with van der Waals surface area (Å²) in [6, 6.07) is 5.57. The lowest BCUT2D eigenvalue weighted by molar-refractivity contribution is -0.135. The molecule has 3 amide bonds. The maximum absolute atomic E-state index is 12.5. The molecule has 0 radical (unpaired) electrons. The maximum atomic E-state index is 12.5. The average Bonchev–Trinajstić information content (AvgIpc) is 2.80. The molecule has 0 unspecified atom stereocenters. The van der Waals surface area contributed by atoms with Gasteiger partial charge in [0.05, 0.1) is 11.6 Å². The van der Waals surface area contributed by atoms with Crippen LogP contribution >= 0.6 is 0 Å². The number of amides is 3. The topological polar surface area (TPSA) is 57.7 Å². The third kappa shape index (κ3) is 1.59. The number of likely N-dealkylation sites (tertiary alicyclic amines) is 1. The Morgan fingerprint density at radius 1 is 1.05 bits per heavy atom. The zero-order valence-corrected chi connectivity index (χ0v) is 11.7. The van der Waals surface area contributed by atoms with Crippen LogP contribution in [0.1, 0.15) is 11.1 Å². The van der Waals surface area contributed by atoms with Gasteiger partial charge in [-0.15, -0.1) is 0 Å². The van der Waals surface area contributed by atoms with Crippen LogP contribution < -0.4 is 4.90 Å². The van der Waals surface area contributed by atoms with E-state index < -0.39 is 11.8 Å². The molecule has 3 rings (SSSR count). The molecule has 0 N–H and O–H groups in total. The third-order valence-electron chi connectivity index (χ3n) is 4.13. The van der Waals surface area contributed by atoms with Crippen LogP contribution in [0.2, 0.25) is 0 Å². The van der Waals surface area contributed by atoms with E-state index in [0.717, 1.165) is 11.1 Å². The SMILES string of the molecule is Cc1ccc(N2C(=O)[C@H]3C(=O)N(C)C[C@@H]3C2=O)c(C)c1. The van der Waals surface area contributed by atoms with Crippen molar-refractivity contribution in [2.75, 3.05) is 18.5 Å². The molecule has 1 aromatic carbocycles. The summed E-state index contributed by atoms with van der Waals surface area (Å²) in [4.78, 5) is 39.5. The van der Waals surface area contributed by atoms with Crippen molar-refractivity contribution in [1.82, 2.24) is 4.90 Å². The van der Waals surface area contributed by atoms with Crippen molar-refractivity contribution < 1.29 is 14.4 Å². The largest absolute Gasteiger partial charge is 0.344 e. The first-order valence-electron chi connectivity index (χ1n) is 6.62. The van der Waals surface area contributed by atoms with E-state index in [1.165, 1.54) is 9.80 Å². The van der Waals surface area contributed by atoms with Crippen LogP contribution in [0.4, 0.5) is 5.69 Å². The van der Waals surface area contributed by atoms with Crippen molar-refractivity contribution in [1.29, 1.82) is 0 Å². The van der Waals surface area contributed by atoms with E-state index in [4.69, 9.17) is 0 Å². The summed E-state index contributed by atoms with van der Waals surface area (Å²) in [6.45, 7) is 4.15. The Morgan fingerprint density at radius 3 is 2.35 bits per heavy atom. The van der Waals surface area contributed by atoms with Gasteiger partial charge in [0, 0.05) is 13.6 Å². The predicted molar refractivity (Wildman–Crippen MR) is 73.0 cm³/mol. The second-order valence-electron chi connectivity index (χ2n) is 5.60. The summed E-state index contributed by atoms with van der Waals surface area (Å²) in [5, 5.41) is 0. The minimum absolute atomic E-state index is 0.249. The van der Waals surface area contributed by atoms with Crippen molar-refractivity contribution in [2.45, 2.75) is 13.8 Å². The first kappa shape index (κ1) is 12.8. The Hall–Kier alpha value is -2.17. The Bertz CT molecular complexity index is 638. The van der Waals surface area contributed by atoms with Crippen molar-refractivity contribution in [3.63, 3.8) is 0 Å². The van der Waals surface area contributed by atoms with E-state index in [-0.39, 0.29) is 17.7 Å². The summed E-state index contributed by atoms with van der Waals surface area (Å²) in [6.07, 6.45) is 0. The third-order valence-corrected chi connectivity index (χ3v) is 4.13. The summed E-state index contributed by atoms with van der Waals surface area (Å²) in [5.74, 6) is -2.25.